The van der Waals surface area contributed by atoms with Crippen molar-refractivity contribution in [2.24, 2.45) is 5.73 Å². The van der Waals surface area contributed by atoms with Gasteiger partial charge in [-0.15, -0.1) is 0 Å². The number of phenols is 1. The molecule has 0 amide bonds. The molecule has 6 heteroatoms. The first-order valence-corrected chi connectivity index (χ1v) is 6.15. The molecule has 19 heavy (non-hydrogen) atoms. The average molecular weight is 268 g/mol. The van der Waals surface area contributed by atoms with E-state index in [4.69, 9.17) is 15.9 Å². The molecule has 0 aliphatic heterocycles. The molecule has 0 spiro atoms. The molecule has 1 unspecified atom stereocenters. The van der Waals surface area contributed by atoms with E-state index in [2.05, 4.69) is 0 Å². The van der Waals surface area contributed by atoms with Crippen molar-refractivity contribution in [3.8, 4) is 5.75 Å². The molecule has 1 rings (SSSR count). The highest BCUT2D eigenvalue weighted by molar-refractivity contribution is 5.73. The van der Waals surface area contributed by atoms with Crippen LogP contribution in [0.5, 0.6) is 5.75 Å². The summed E-state index contributed by atoms with van der Waals surface area (Å²) < 4.78 is 0. The van der Waals surface area contributed by atoms with Crippen LogP contribution in [0, 0.1) is 0 Å². The van der Waals surface area contributed by atoms with Gasteiger partial charge in [-0.05, 0) is 31.0 Å². The minimum Gasteiger partial charge on any atom is -0.506 e. The Morgan fingerprint density at radius 3 is 2.63 bits per heavy atom. The molecule has 0 heterocycles. The molecule has 0 bridgehead atoms. The molecule has 0 fully saturated rings. The third-order valence-corrected chi connectivity index (χ3v) is 2.90. The van der Waals surface area contributed by atoms with Gasteiger partial charge in [-0.1, -0.05) is 6.07 Å². The predicted molar refractivity (Wildman–Crippen MR) is 72.4 cm³/mol. The minimum atomic E-state index is -1.07. The Hall–Kier alpha value is -1.79. The van der Waals surface area contributed by atoms with E-state index in [0.29, 0.717) is 24.3 Å². The Balaban J connectivity index is 2.87. The molecule has 0 saturated heterocycles. The molecule has 0 aliphatic rings. The summed E-state index contributed by atoms with van der Waals surface area (Å²) in [4.78, 5) is 12.5. The number of hydrogen-bond acceptors (Lipinski definition) is 5. The number of phenolic OH excluding ortho intramolecular Hbond substituents is 1. The van der Waals surface area contributed by atoms with Gasteiger partial charge >= 0.3 is 5.97 Å². The lowest BCUT2D eigenvalue weighted by molar-refractivity contribution is -0.138. The number of aliphatic hydroxyl groups is 1. The fourth-order valence-electron chi connectivity index (χ4n) is 1.87. The quantitative estimate of drug-likeness (QED) is 0.561. The van der Waals surface area contributed by atoms with Crippen molar-refractivity contribution in [3.05, 3.63) is 23.8 Å². The number of carbonyl (C=O) groups is 1. The third kappa shape index (κ3) is 4.11. The van der Waals surface area contributed by atoms with Crippen molar-refractivity contribution in [1.29, 1.82) is 0 Å². The van der Waals surface area contributed by atoms with E-state index < -0.39 is 12.0 Å². The van der Waals surface area contributed by atoms with Crippen molar-refractivity contribution >= 4 is 11.7 Å². The van der Waals surface area contributed by atoms with Crippen molar-refractivity contribution in [3.63, 3.8) is 0 Å². The minimum absolute atomic E-state index is 0.00107. The number of carboxylic acid groups (broad SMARTS) is 1. The highest BCUT2D eigenvalue weighted by Crippen LogP contribution is 2.28. The molecule has 106 valence electrons. The molecule has 1 atom stereocenters. The van der Waals surface area contributed by atoms with Gasteiger partial charge in [0.2, 0.25) is 0 Å². The van der Waals surface area contributed by atoms with Crippen LogP contribution in [0.15, 0.2) is 18.2 Å². The molecule has 5 N–H and O–H groups in total. The van der Waals surface area contributed by atoms with E-state index in [1.165, 1.54) is 6.07 Å². The van der Waals surface area contributed by atoms with Gasteiger partial charge in [0.15, 0.2) is 0 Å². The van der Waals surface area contributed by atoms with E-state index in [0.717, 1.165) is 0 Å². The predicted octanol–water partition coefficient (Wildman–Crippen LogP) is 0.165. The normalized spacial score (nSPS) is 12.2. The van der Waals surface area contributed by atoms with Crippen molar-refractivity contribution in [2.75, 3.05) is 24.6 Å². The lowest BCUT2D eigenvalue weighted by Crippen LogP contribution is -2.32. The van der Waals surface area contributed by atoms with E-state index in [9.17, 15) is 9.90 Å². The number of nitrogens with zero attached hydrogens (tertiary/aromatic N) is 1. The molecule has 1 aromatic carbocycles. The molecule has 0 aliphatic carbocycles. The maximum atomic E-state index is 10.7. The monoisotopic (exact) mass is 268 g/mol. The van der Waals surface area contributed by atoms with Crippen LogP contribution >= 0.6 is 0 Å². The highest BCUT2D eigenvalue weighted by atomic mass is 16.4. The number of nitrogens with two attached hydrogens (primary N) is 1. The largest absolute Gasteiger partial charge is 0.506 e. The summed E-state index contributed by atoms with van der Waals surface area (Å²) in [6.45, 7) is 3.00. The van der Waals surface area contributed by atoms with Crippen LogP contribution in [0.3, 0.4) is 0 Å². The number of hydrogen-bond donors (Lipinski definition) is 4. The van der Waals surface area contributed by atoms with Crippen LogP contribution in [0.4, 0.5) is 5.69 Å². The zero-order chi connectivity index (χ0) is 14.4. The van der Waals surface area contributed by atoms with E-state index in [1.54, 1.807) is 12.1 Å². The van der Waals surface area contributed by atoms with Crippen molar-refractivity contribution in [2.45, 2.75) is 19.4 Å². The van der Waals surface area contributed by atoms with Crippen LogP contribution in [0.25, 0.3) is 0 Å². The number of aliphatic hydroxyl groups excluding tert-OH is 1. The zero-order valence-corrected chi connectivity index (χ0v) is 10.9. The van der Waals surface area contributed by atoms with Crippen LogP contribution in [-0.2, 0) is 11.2 Å². The van der Waals surface area contributed by atoms with Gasteiger partial charge in [0, 0.05) is 13.1 Å². The number of carboxylic acids is 1. The fraction of sp³-hybridized carbons (Fsp3) is 0.462. The fourth-order valence-corrected chi connectivity index (χ4v) is 1.87. The Bertz CT molecular complexity index is 437. The van der Waals surface area contributed by atoms with Gasteiger partial charge in [0.05, 0.1) is 12.3 Å². The molecular weight excluding hydrogens is 248 g/mol. The van der Waals surface area contributed by atoms with Gasteiger partial charge in [0.25, 0.3) is 0 Å². The van der Waals surface area contributed by atoms with Crippen LogP contribution in [0.2, 0.25) is 0 Å². The number of likely N-dealkylation sites (N-methyl/N-ethyl adjacent to an activating group) is 1. The Kier molecular flexibility index (Phi) is 5.59. The molecule has 0 radical (unpaired) electrons. The Labute approximate surface area is 112 Å². The van der Waals surface area contributed by atoms with Crippen molar-refractivity contribution in [1.82, 2.24) is 0 Å². The van der Waals surface area contributed by atoms with Crippen LogP contribution in [0.1, 0.15) is 12.5 Å². The van der Waals surface area contributed by atoms with Gasteiger partial charge in [-0.3, -0.25) is 4.79 Å². The van der Waals surface area contributed by atoms with Gasteiger partial charge < -0.3 is 26.0 Å². The zero-order valence-electron chi connectivity index (χ0n) is 10.9. The first-order chi connectivity index (χ1) is 8.99. The van der Waals surface area contributed by atoms with Crippen LogP contribution in [-0.4, -0.2) is 47.0 Å². The summed E-state index contributed by atoms with van der Waals surface area (Å²) in [6.07, 6.45) is 0.162. The number of rotatable bonds is 7. The van der Waals surface area contributed by atoms with E-state index in [-0.39, 0.29) is 18.8 Å². The van der Waals surface area contributed by atoms with Gasteiger partial charge in [-0.2, -0.15) is 0 Å². The summed E-state index contributed by atoms with van der Waals surface area (Å²) in [5, 5.41) is 27.6. The van der Waals surface area contributed by atoms with E-state index >= 15 is 0 Å². The molecular formula is C13H20N2O4. The molecule has 0 aromatic heterocycles. The van der Waals surface area contributed by atoms with Crippen LogP contribution < -0.4 is 10.6 Å². The second-order valence-corrected chi connectivity index (χ2v) is 4.28. The lowest BCUT2D eigenvalue weighted by Gasteiger charge is -2.23. The maximum absolute atomic E-state index is 10.7. The number of anilines is 1. The first kappa shape index (κ1) is 15.3. The Morgan fingerprint density at radius 2 is 2.16 bits per heavy atom. The summed E-state index contributed by atoms with van der Waals surface area (Å²) in [5.41, 5.74) is 6.72. The highest BCUT2D eigenvalue weighted by Gasteiger charge is 2.14. The summed E-state index contributed by atoms with van der Waals surface area (Å²) in [7, 11) is 0. The van der Waals surface area contributed by atoms with Gasteiger partial charge in [-0.25, -0.2) is 0 Å². The third-order valence-electron chi connectivity index (χ3n) is 2.90. The maximum Gasteiger partial charge on any atom is 0.320 e. The van der Waals surface area contributed by atoms with Gasteiger partial charge in [0.1, 0.15) is 11.8 Å². The lowest BCUT2D eigenvalue weighted by atomic mass is 10.1. The van der Waals surface area contributed by atoms with E-state index in [1.807, 2.05) is 11.8 Å². The number of aliphatic carboxylic acids is 1. The average Bonchev–Trinajstić information content (AvgIpc) is 2.36. The second kappa shape index (κ2) is 6.96. The first-order valence-electron chi connectivity index (χ1n) is 6.15. The smallest absolute Gasteiger partial charge is 0.320 e. The molecule has 0 saturated carbocycles. The molecule has 6 nitrogen and oxygen atoms in total. The number of aromatic hydroxyl groups is 1. The summed E-state index contributed by atoms with van der Waals surface area (Å²) in [6, 6.07) is 3.97. The topological polar surface area (TPSA) is 107 Å². The summed E-state index contributed by atoms with van der Waals surface area (Å²) in [5.74, 6) is -1.01. The van der Waals surface area contributed by atoms with Crippen molar-refractivity contribution < 1.29 is 20.1 Å². The second-order valence-electron chi connectivity index (χ2n) is 4.28. The summed E-state index contributed by atoms with van der Waals surface area (Å²) >= 11 is 0. The Morgan fingerprint density at radius 1 is 1.47 bits per heavy atom. The molecule has 1 aromatic rings. The SMILES string of the molecule is CCN(CCO)c1ccc(CC(N)C(=O)O)cc1O. The standard InChI is InChI=1S/C13H20N2O4/c1-2-15(5-6-16)11-4-3-9(8-12(11)17)7-10(14)13(18)19/h3-4,8,10,16-17H,2,5-7,14H2,1H3,(H,18,19). The number of benzene rings is 1.